The third kappa shape index (κ3) is 7.50. The summed E-state index contributed by atoms with van der Waals surface area (Å²) in [6.07, 6.45) is 2.06. The van der Waals surface area contributed by atoms with Crippen LogP contribution in [0.25, 0.3) is 176 Å². The molecular weight excluding hydrogens is 1100 g/mol. The summed E-state index contributed by atoms with van der Waals surface area (Å²) in [5, 5.41) is 11.6. The van der Waals surface area contributed by atoms with Crippen LogP contribution in [0.5, 0.6) is 0 Å². The van der Waals surface area contributed by atoms with Gasteiger partial charge in [-0.2, -0.15) is 0 Å². The third-order valence-electron chi connectivity index (χ3n) is 18.4. The van der Waals surface area contributed by atoms with Crippen molar-refractivity contribution >= 4 is 131 Å². The SMILES string of the molecule is c1ccc(-n2c3ccccc3n(-c3ccccc3)c3cc4c(cc32)c2ccc(-c3cccc5c3oc3ccccc35)cc2c2cc3c(cc2c2ncc(-c5cccc6c5oc5ccccc56)cc42)n(-c2ccccc2)c2ccccc2n3-c2ccccc2)cc1. The topological polar surface area (TPSA) is 58.9 Å². The van der Waals surface area contributed by atoms with Crippen LogP contribution in [0.15, 0.2) is 318 Å². The molecule has 0 bridgehead atoms. The van der Waals surface area contributed by atoms with E-state index >= 15 is 0 Å². The average molecular weight is 1150 g/mol. The van der Waals surface area contributed by atoms with Crippen molar-refractivity contribution in [2.24, 2.45) is 0 Å². The molecule has 5 aromatic heterocycles. The number of hydrogen-bond donors (Lipinski definition) is 0. The minimum atomic E-state index is 0.826. The molecule has 19 rings (SSSR count). The molecule has 0 aliphatic rings. The Labute approximate surface area is 515 Å². The predicted octanol–water partition coefficient (Wildman–Crippen LogP) is 22.3. The molecule has 14 aromatic carbocycles. The van der Waals surface area contributed by atoms with Crippen LogP contribution in [0.2, 0.25) is 0 Å². The first-order valence-electron chi connectivity index (χ1n) is 30.6. The number of aromatic nitrogens is 5. The molecule has 19 aromatic rings. The van der Waals surface area contributed by atoms with E-state index in [0.29, 0.717) is 0 Å². The van der Waals surface area contributed by atoms with Gasteiger partial charge in [0.15, 0.2) is 0 Å². The van der Waals surface area contributed by atoms with E-state index in [0.717, 1.165) is 176 Å². The molecule has 0 amide bonds. The Kier molecular flexibility index (Phi) is 10.9. The Hall–Kier alpha value is -12.2. The zero-order chi connectivity index (χ0) is 59.0. The molecule has 0 atom stereocenters. The van der Waals surface area contributed by atoms with Crippen molar-refractivity contribution in [2.75, 3.05) is 0 Å². The quantitative estimate of drug-likeness (QED) is 0.156. The van der Waals surface area contributed by atoms with Crippen molar-refractivity contribution in [1.82, 2.24) is 23.3 Å². The van der Waals surface area contributed by atoms with Crippen molar-refractivity contribution in [3.8, 4) is 45.0 Å². The summed E-state index contributed by atoms with van der Waals surface area (Å²) in [6.45, 7) is 0. The molecule has 90 heavy (non-hydrogen) atoms. The number of nitrogens with zero attached hydrogens (tertiary/aromatic N) is 5. The Morgan fingerprint density at radius 1 is 0.222 bits per heavy atom. The van der Waals surface area contributed by atoms with Crippen molar-refractivity contribution < 1.29 is 8.83 Å². The van der Waals surface area contributed by atoms with Crippen LogP contribution in [0.3, 0.4) is 0 Å². The number of benzene rings is 13. The number of rotatable bonds is 6. The van der Waals surface area contributed by atoms with E-state index < -0.39 is 0 Å². The monoisotopic (exact) mass is 1150 g/mol. The summed E-state index contributed by atoms with van der Waals surface area (Å²) in [7, 11) is 0. The Balaban J connectivity index is 1.07. The van der Waals surface area contributed by atoms with E-state index in [2.05, 4.69) is 316 Å². The molecule has 0 fully saturated rings. The largest absolute Gasteiger partial charge is 0.455 e. The van der Waals surface area contributed by atoms with Gasteiger partial charge in [0, 0.05) is 78.0 Å². The highest BCUT2D eigenvalue weighted by atomic mass is 16.3. The van der Waals surface area contributed by atoms with Crippen LogP contribution in [0.4, 0.5) is 0 Å². The Morgan fingerprint density at radius 2 is 0.556 bits per heavy atom. The summed E-state index contributed by atoms with van der Waals surface area (Å²) >= 11 is 0. The van der Waals surface area contributed by atoms with Crippen LogP contribution in [-0.4, -0.2) is 23.3 Å². The highest BCUT2D eigenvalue weighted by molar-refractivity contribution is 6.29. The maximum Gasteiger partial charge on any atom is 0.143 e. The number of fused-ring (bicyclic) bond motifs is 18. The zero-order valence-corrected chi connectivity index (χ0v) is 48.5. The maximum atomic E-state index is 6.87. The fourth-order valence-corrected chi connectivity index (χ4v) is 14.5. The number of furan rings is 2. The standard InChI is InChI=1S/C83H51N5O2/c1-5-23-54(24-6-1)85-71-37-15-16-38-72(71)86(55-25-7-2-8-26-55)76-49-68-66(47-75(76)85)60-44-43-52(58-33-21-35-63-61-31-13-19-41-79(61)89-82(58)63)45-65(60)67-48-77-78(88(57-29-11-4-12-30-57)74-40-18-17-39-73(74)87(77)56-27-9-3-10-28-56)50-70(67)81-69(68)46-53(51-84-81)59-34-22-36-64-62-32-14-20-42-80(62)90-83(59)64/h1-51H. The van der Waals surface area contributed by atoms with Gasteiger partial charge in [0.1, 0.15) is 22.3 Å². The third-order valence-corrected chi connectivity index (χ3v) is 18.4. The molecule has 7 heteroatoms. The number of pyridine rings is 1. The molecule has 0 spiro atoms. The zero-order valence-electron chi connectivity index (χ0n) is 48.5. The van der Waals surface area contributed by atoms with Crippen molar-refractivity contribution in [3.63, 3.8) is 0 Å². The van der Waals surface area contributed by atoms with E-state index in [4.69, 9.17) is 13.8 Å². The average Bonchev–Trinajstić information content (AvgIpc) is 1.75. The smallest absolute Gasteiger partial charge is 0.143 e. The lowest BCUT2D eigenvalue weighted by atomic mass is 9.91. The van der Waals surface area contributed by atoms with Gasteiger partial charge in [-0.05, 0) is 154 Å². The van der Waals surface area contributed by atoms with Crippen molar-refractivity contribution in [1.29, 1.82) is 0 Å². The van der Waals surface area contributed by atoms with E-state index in [1.54, 1.807) is 0 Å². The maximum absolute atomic E-state index is 6.87. The van der Waals surface area contributed by atoms with Gasteiger partial charge in [0.2, 0.25) is 0 Å². The molecule has 0 saturated carbocycles. The van der Waals surface area contributed by atoms with Gasteiger partial charge in [0.05, 0.1) is 49.7 Å². The lowest BCUT2D eigenvalue weighted by molar-refractivity contribution is 0.669. The Morgan fingerprint density at radius 3 is 1.00 bits per heavy atom. The number of hydrogen-bond acceptors (Lipinski definition) is 3. The van der Waals surface area contributed by atoms with Gasteiger partial charge < -0.3 is 27.1 Å². The van der Waals surface area contributed by atoms with E-state index in [-0.39, 0.29) is 0 Å². The lowest BCUT2D eigenvalue weighted by Crippen LogP contribution is -2.08. The normalized spacial score (nSPS) is 12.0. The first-order chi connectivity index (χ1) is 44.7. The predicted molar refractivity (Wildman–Crippen MR) is 373 cm³/mol. The summed E-state index contributed by atoms with van der Waals surface area (Å²) in [5.74, 6) is 0. The molecular formula is C83H51N5O2. The van der Waals surface area contributed by atoms with E-state index in [1.165, 1.54) is 0 Å². The summed E-state index contributed by atoms with van der Waals surface area (Å²) in [5.41, 5.74) is 20.8. The first kappa shape index (κ1) is 50.0. The summed E-state index contributed by atoms with van der Waals surface area (Å²) in [6, 6.07) is 110. The highest BCUT2D eigenvalue weighted by Crippen LogP contribution is 2.46. The molecule has 0 aliphatic heterocycles. The first-order valence-corrected chi connectivity index (χ1v) is 30.6. The van der Waals surface area contributed by atoms with Gasteiger partial charge in [-0.1, -0.05) is 182 Å². The van der Waals surface area contributed by atoms with Crippen molar-refractivity contribution in [3.05, 3.63) is 310 Å². The van der Waals surface area contributed by atoms with Gasteiger partial charge >= 0.3 is 0 Å². The van der Waals surface area contributed by atoms with Crippen LogP contribution in [0, 0.1) is 0 Å². The van der Waals surface area contributed by atoms with Gasteiger partial charge in [0.25, 0.3) is 0 Å². The van der Waals surface area contributed by atoms with E-state index in [1.807, 2.05) is 12.1 Å². The van der Waals surface area contributed by atoms with E-state index in [9.17, 15) is 0 Å². The molecule has 0 aliphatic carbocycles. The van der Waals surface area contributed by atoms with Crippen LogP contribution in [-0.2, 0) is 0 Å². The molecule has 420 valence electrons. The van der Waals surface area contributed by atoms with Gasteiger partial charge in [-0.15, -0.1) is 0 Å². The molecule has 7 nitrogen and oxygen atoms in total. The number of para-hydroxylation sites is 12. The Bertz CT molecular complexity index is 5880. The van der Waals surface area contributed by atoms with Crippen LogP contribution >= 0.6 is 0 Å². The second kappa shape index (κ2) is 19.7. The minimum absolute atomic E-state index is 0.826. The van der Waals surface area contributed by atoms with Gasteiger partial charge in [-0.25, -0.2) is 0 Å². The second-order valence-corrected chi connectivity index (χ2v) is 23.4. The fraction of sp³-hybridized carbons (Fsp3) is 0. The molecule has 5 heterocycles. The summed E-state index contributed by atoms with van der Waals surface area (Å²) < 4.78 is 23.5. The molecule has 0 saturated heterocycles. The van der Waals surface area contributed by atoms with Crippen LogP contribution < -0.4 is 0 Å². The summed E-state index contributed by atoms with van der Waals surface area (Å²) in [4.78, 5) is 5.86. The van der Waals surface area contributed by atoms with Gasteiger partial charge in [-0.3, -0.25) is 4.98 Å². The van der Waals surface area contributed by atoms with Crippen LogP contribution in [0.1, 0.15) is 0 Å². The molecule has 0 N–H and O–H groups in total. The molecule has 0 radical (unpaired) electrons. The second-order valence-electron chi connectivity index (χ2n) is 23.4. The minimum Gasteiger partial charge on any atom is -0.455 e. The fourth-order valence-electron chi connectivity index (χ4n) is 14.5. The molecule has 0 unspecified atom stereocenters. The highest BCUT2D eigenvalue weighted by Gasteiger charge is 2.23. The van der Waals surface area contributed by atoms with Crippen molar-refractivity contribution in [2.45, 2.75) is 0 Å². The lowest BCUT2D eigenvalue weighted by Gasteiger charge is -2.24.